The molecule has 0 bridgehead atoms. The third-order valence-electron chi connectivity index (χ3n) is 5.54. The molecule has 3 rings (SSSR count). The van der Waals surface area contributed by atoms with Crippen LogP contribution in [0.4, 0.5) is 5.69 Å². The van der Waals surface area contributed by atoms with Gasteiger partial charge in [-0.05, 0) is 61.7 Å². The molecule has 0 radical (unpaired) electrons. The average Bonchev–Trinajstić information content (AvgIpc) is 2.79. The Morgan fingerprint density at radius 2 is 1.97 bits per heavy atom. The van der Waals surface area contributed by atoms with Crippen LogP contribution in [-0.4, -0.2) is 43.0 Å². The van der Waals surface area contributed by atoms with E-state index >= 15 is 0 Å². The molecule has 31 heavy (non-hydrogen) atoms. The summed E-state index contributed by atoms with van der Waals surface area (Å²) in [5.41, 5.74) is 8.25. The SMILES string of the molecule is COc1cccc(COC(C)C(=O)Nc2ccc(CN3CCCC(C(N)=O)C3)cc2)c1. The van der Waals surface area contributed by atoms with Gasteiger partial charge in [0.2, 0.25) is 5.91 Å². The highest BCUT2D eigenvalue weighted by Gasteiger charge is 2.23. The maximum atomic E-state index is 12.4. The first-order valence-corrected chi connectivity index (χ1v) is 10.6. The van der Waals surface area contributed by atoms with Gasteiger partial charge in [-0.25, -0.2) is 0 Å². The van der Waals surface area contributed by atoms with Gasteiger partial charge in [0, 0.05) is 18.8 Å². The number of likely N-dealkylation sites (tertiary alicyclic amines) is 1. The van der Waals surface area contributed by atoms with E-state index in [2.05, 4.69) is 10.2 Å². The quantitative estimate of drug-likeness (QED) is 0.644. The molecule has 2 unspecified atom stereocenters. The molecular weight excluding hydrogens is 394 g/mol. The maximum Gasteiger partial charge on any atom is 0.253 e. The number of piperidine rings is 1. The van der Waals surface area contributed by atoms with Gasteiger partial charge < -0.3 is 20.5 Å². The van der Waals surface area contributed by atoms with Crippen molar-refractivity contribution in [3.8, 4) is 5.75 Å². The molecule has 7 nitrogen and oxygen atoms in total. The van der Waals surface area contributed by atoms with Crippen LogP contribution < -0.4 is 15.8 Å². The summed E-state index contributed by atoms with van der Waals surface area (Å²) in [6.45, 7) is 4.49. The Bertz CT molecular complexity index is 885. The Morgan fingerprint density at radius 3 is 2.68 bits per heavy atom. The summed E-state index contributed by atoms with van der Waals surface area (Å²) in [5, 5.41) is 2.89. The topological polar surface area (TPSA) is 93.9 Å². The largest absolute Gasteiger partial charge is 0.497 e. The van der Waals surface area contributed by atoms with E-state index in [4.69, 9.17) is 15.2 Å². The van der Waals surface area contributed by atoms with Gasteiger partial charge in [0.25, 0.3) is 5.91 Å². The van der Waals surface area contributed by atoms with Crippen molar-refractivity contribution in [2.24, 2.45) is 11.7 Å². The summed E-state index contributed by atoms with van der Waals surface area (Å²) in [4.78, 5) is 26.1. The number of amides is 2. The number of ether oxygens (including phenoxy) is 2. The lowest BCUT2D eigenvalue weighted by Gasteiger charge is -2.31. The van der Waals surface area contributed by atoms with E-state index in [0.29, 0.717) is 13.2 Å². The molecule has 0 spiro atoms. The number of hydrogen-bond donors (Lipinski definition) is 2. The monoisotopic (exact) mass is 425 g/mol. The van der Waals surface area contributed by atoms with Crippen molar-refractivity contribution in [3.63, 3.8) is 0 Å². The van der Waals surface area contributed by atoms with Gasteiger partial charge in [0.15, 0.2) is 0 Å². The van der Waals surface area contributed by atoms with E-state index in [0.717, 1.165) is 48.5 Å². The molecular formula is C24H31N3O4. The number of rotatable bonds is 9. The summed E-state index contributed by atoms with van der Waals surface area (Å²) in [7, 11) is 1.62. The molecule has 0 aromatic heterocycles. The van der Waals surface area contributed by atoms with Crippen molar-refractivity contribution >= 4 is 17.5 Å². The second-order valence-corrected chi connectivity index (χ2v) is 7.97. The van der Waals surface area contributed by atoms with E-state index in [9.17, 15) is 9.59 Å². The number of primary amides is 1. The second-order valence-electron chi connectivity index (χ2n) is 7.97. The van der Waals surface area contributed by atoms with Gasteiger partial charge in [0.1, 0.15) is 11.9 Å². The van der Waals surface area contributed by atoms with E-state index in [-0.39, 0.29) is 17.7 Å². The minimum absolute atomic E-state index is 0.0641. The van der Waals surface area contributed by atoms with Gasteiger partial charge >= 0.3 is 0 Å². The van der Waals surface area contributed by atoms with E-state index < -0.39 is 6.10 Å². The first kappa shape index (κ1) is 22.8. The molecule has 1 aliphatic heterocycles. The molecule has 2 atom stereocenters. The molecule has 1 aliphatic rings. The molecule has 2 aromatic rings. The van der Waals surface area contributed by atoms with Gasteiger partial charge in [-0.3, -0.25) is 14.5 Å². The molecule has 2 aromatic carbocycles. The van der Waals surface area contributed by atoms with Gasteiger partial charge in [-0.1, -0.05) is 24.3 Å². The van der Waals surface area contributed by atoms with Crippen LogP contribution in [0, 0.1) is 5.92 Å². The Morgan fingerprint density at radius 1 is 1.19 bits per heavy atom. The standard InChI is InChI=1S/C24H31N3O4/c1-17(31-16-19-5-3-7-22(13-19)30-2)24(29)26-21-10-8-18(9-11-21)14-27-12-4-6-20(15-27)23(25)28/h3,5,7-11,13,17,20H,4,6,12,14-16H2,1-2H3,(H2,25,28)(H,26,29). The number of benzene rings is 2. The van der Waals surface area contributed by atoms with Crippen molar-refractivity contribution in [1.29, 1.82) is 0 Å². The number of anilines is 1. The molecule has 0 saturated carbocycles. The average molecular weight is 426 g/mol. The van der Waals surface area contributed by atoms with Crippen molar-refractivity contribution < 1.29 is 19.1 Å². The number of nitrogens with one attached hydrogen (secondary N) is 1. The van der Waals surface area contributed by atoms with Crippen LogP contribution in [0.3, 0.4) is 0 Å². The minimum atomic E-state index is -0.593. The lowest BCUT2D eigenvalue weighted by atomic mass is 9.97. The molecule has 1 fully saturated rings. The number of carbonyl (C=O) groups is 2. The number of nitrogens with zero attached hydrogens (tertiary/aromatic N) is 1. The zero-order valence-electron chi connectivity index (χ0n) is 18.2. The van der Waals surface area contributed by atoms with Crippen LogP contribution in [0.2, 0.25) is 0 Å². The van der Waals surface area contributed by atoms with Crippen molar-refractivity contribution in [3.05, 3.63) is 59.7 Å². The van der Waals surface area contributed by atoms with Crippen LogP contribution in [-0.2, 0) is 27.5 Å². The van der Waals surface area contributed by atoms with Crippen LogP contribution in [0.15, 0.2) is 48.5 Å². The van der Waals surface area contributed by atoms with E-state index in [1.807, 2.05) is 48.5 Å². The highest BCUT2D eigenvalue weighted by Crippen LogP contribution is 2.19. The first-order valence-electron chi connectivity index (χ1n) is 10.6. The zero-order chi connectivity index (χ0) is 22.2. The summed E-state index contributed by atoms with van der Waals surface area (Å²) in [6, 6.07) is 15.3. The van der Waals surface area contributed by atoms with Crippen LogP contribution in [0.25, 0.3) is 0 Å². The van der Waals surface area contributed by atoms with Crippen molar-refractivity contribution in [1.82, 2.24) is 4.90 Å². The number of carbonyl (C=O) groups excluding carboxylic acids is 2. The summed E-state index contributed by atoms with van der Waals surface area (Å²) >= 11 is 0. The number of nitrogens with two attached hydrogens (primary N) is 1. The van der Waals surface area contributed by atoms with Gasteiger partial charge in [0.05, 0.1) is 19.6 Å². The fourth-order valence-corrected chi connectivity index (χ4v) is 3.69. The molecule has 0 aliphatic carbocycles. The third-order valence-corrected chi connectivity index (χ3v) is 5.54. The smallest absolute Gasteiger partial charge is 0.253 e. The summed E-state index contributed by atoms with van der Waals surface area (Å²) in [5.74, 6) is 0.278. The fraction of sp³-hybridized carbons (Fsp3) is 0.417. The van der Waals surface area contributed by atoms with Gasteiger partial charge in [-0.2, -0.15) is 0 Å². The van der Waals surface area contributed by atoms with E-state index in [1.165, 1.54) is 0 Å². The maximum absolute atomic E-state index is 12.4. The Labute approximate surface area is 183 Å². The Hall–Kier alpha value is -2.90. The Kier molecular flexibility index (Phi) is 8.03. The molecule has 7 heteroatoms. The predicted octanol–water partition coefficient (Wildman–Crippen LogP) is 2.94. The summed E-state index contributed by atoms with van der Waals surface area (Å²) in [6.07, 6.45) is 1.26. The Balaban J connectivity index is 1.47. The van der Waals surface area contributed by atoms with Crippen molar-refractivity contribution in [2.75, 3.05) is 25.5 Å². The third kappa shape index (κ3) is 6.80. The van der Waals surface area contributed by atoms with Crippen LogP contribution >= 0.6 is 0 Å². The van der Waals surface area contributed by atoms with E-state index in [1.54, 1.807) is 14.0 Å². The minimum Gasteiger partial charge on any atom is -0.497 e. The van der Waals surface area contributed by atoms with Crippen LogP contribution in [0.5, 0.6) is 5.75 Å². The normalized spacial score (nSPS) is 17.7. The molecule has 1 saturated heterocycles. The summed E-state index contributed by atoms with van der Waals surface area (Å²) < 4.78 is 10.9. The lowest BCUT2D eigenvalue weighted by molar-refractivity contribution is -0.127. The number of methoxy groups -OCH3 is 1. The van der Waals surface area contributed by atoms with Crippen LogP contribution in [0.1, 0.15) is 30.9 Å². The molecule has 166 valence electrons. The highest BCUT2D eigenvalue weighted by atomic mass is 16.5. The molecule has 1 heterocycles. The first-order chi connectivity index (χ1) is 14.9. The zero-order valence-corrected chi connectivity index (χ0v) is 18.2. The lowest BCUT2D eigenvalue weighted by Crippen LogP contribution is -2.40. The second kappa shape index (κ2) is 10.9. The number of hydrogen-bond acceptors (Lipinski definition) is 5. The predicted molar refractivity (Wildman–Crippen MR) is 120 cm³/mol. The van der Waals surface area contributed by atoms with Gasteiger partial charge in [-0.15, -0.1) is 0 Å². The fourth-order valence-electron chi connectivity index (χ4n) is 3.69. The van der Waals surface area contributed by atoms with Crippen molar-refractivity contribution in [2.45, 2.75) is 39.0 Å². The molecule has 3 N–H and O–H groups in total. The molecule has 2 amide bonds. The highest BCUT2D eigenvalue weighted by molar-refractivity contribution is 5.93.